The van der Waals surface area contributed by atoms with Gasteiger partial charge in [0.2, 0.25) is 5.91 Å². The second kappa shape index (κ2) is 10.5. The number of carbonyl (C=O) groups is 1. The maximum absolute atomic E-state index is 12.5. The van der Waals surface area contributed by atoms with Gasteiger partial charge in [-0.25, -0.2) is 0 Å². The first-order valence-corrected chi connectivity index (χ1v) is 12.4. The molecule has 3 heterocycles. The second-order valence-electron chi connectivity index (χ2n) is 10.1. The van der Waals surface area contributed by atoms with Gasteiger partial charge in [-0.15, -0.1) is 0 Å². The predicted octanol–water partition coefficient (Wildman–Crippen LogP) is 3.58. The van der Waals surface area contributed by atoms with Crippen LogP contribution in [0.3, 0.4) is 0 Å². The third-order valence-electron chi connectivity index (χ3n) is 7.85. The molecule has 1 amide bonds. The zero-order valence-electron chi connectivity index (χ0n) is 19.8. The van der Waals surface area contributed by atoms with Crippen LogP contribution < -0.4 is 5.32 Å². The van der Waals surface area contributed by atoms with Crippen molar-refractivity contribution in [3.8, 4) is 0 Å². The van der Waals surface area contributed by atoms with Crippen molar-refractivity contribution in [3.05, 3.63) is 34.4 Å². The third-order valence-corrected chi connectivity index (χ3v) is 7.85. The van der Waals surface area contributed by atoms with Gasteiger partial charge in [0, 0.05) is 31.7 Å². The van der Waals surface area contributed by atoms with Crippen LogP contribution in [-0.2, 0) is 16.1 Å². The minimum atomic E-state index is 0.186. The molecule has 4 rings (SSSR count). The van der Waals surface area contributed by atoms with Crippen LogP contribution in [0.15, 0.2) is 12.1 Å². The summed E-state index contributed by atoms with van der Waals surface area (Å²) in [5, 5.41) is 3.14. The van der Waals surface area contributed by atoms with E-state index in [-0.39, 0.29) is 17.9 Å². The largest absolute Gasteiger partial charge is 0.376 e. The van der Waals surface area contributed by atoms with E-state index in [2.05, 4.69) is 48.0 Å². The smallest absolute Gasteiger partial charge is 0.223 e. The summed E-state index contributed by atoms with van der Waals surface area (Å²) in [5.74, 6) is 0.430. The summed E-state index contributed by atoms with van der Waals surface area (Å²) < 4.78 is 5.62. The normalized spacial score (nSPS) is 24.5. The Morgan fingerprint density at radius 3 is 2.35 bits per heavy atom. The first-order valence-electron chi connectivity index (χ1n) is 12.4. The van der Waals surface area contributed by atoms with Crippen LogP contribution in [0.4, 0.5) is 0 Å². The molecule has 0 radical (unpaired) electrons. The van der Waals surface area contributed by atoms with Gasteiger partial charge in [0.15, 0.2) is 0 Å². The van der Waals surface area contributed by atoms with Gasteiger partial charge in [-0.1, -0.05) is 12.1 Å². The molecule has 3 saturated heterocycles. The number of hydrogen-bond acceptors (Lipinski definition) is 4. The average Bonchev–Trinajstić information content (AvgIpc) is 3.30. The van der Waals surface area contributed by atoms with Gasteiger partial charge in [-0.2, -0.15) is 0 Å². The van der Waals surface area contributed by atoms with Crippen molar-refractivity contribution in [2.75, 3.05) is 39.3 Å². The molecule has 1 aromatic rings. The number of hydrogen-bond donors (Lipinski definition) is 1. The highest BCUT2D eigenvalue weighted by atomic mass is 16.5. The molecule has 3 fully saturated rings. The Labute approximate surface area is 188 Å². The minimum Gasteiger partial charge on any atom is -0.376 e. The lowest BCUT2D eigenvalue weighted by molar-refractivity contribution is -0.127. The lowest BCUT2D eigenvalue weighted by Gasteiger charge is -2.41. The quantitative estimate of drug-likeness (QED) is 0.754. The number of piperidine rings is 2. The van der Waals surface area contributed by atoms with Gasteiger partial charge in [0.25, 0.3) is 0 Å². The molecule has 1 atom stereocenters. The summed E-state index contributed by atoms with van der Waals surface area (Å²) in [4.78, 5) is 17.8. The molecule has 31 heavy (non-hydrogen) atoms. The van der Waals surface area contributed by atoms with E-state index in [0.717, 1.165) is 51.9 Å². The van der Waals surface area contributed by atoms with Gasteiger partial charge in [-0.05, 0) is 108 Å². The lowest BCUT2D eigenvalue weighted by atomic mass is 9.92. The number of ether oxygens (including phenoxy) is 1. The van der Waals surface area contributed by atoms with Crippen molar-refractivity contribution in [3.63, 3.8) is 0 Å². The van der Waals surface area contributed by atoms with Gasteiger partial charge < -0.3 is 15.0 Å². The van der Waals surface area contributed by atoms with Crippen molar-refractivity contribution in [2.24, 2.45) is 5.92 Å². The molecule has 0 aromatic heterocycles. The van der Waals surface area contributed by atoms with Crippen LogP contribution in [0.1, 0.15) is 60.8 Å². The number of carbonyl (C=O) groups excluding carboxylic acids is 1. The summed E-state index contributed by atoms with van der Waals surface area (Å²) in [7, 11) is 0. The van der Waals surface area contributed by atoms with E-state index in [9.17, 15) is 4.79 Å². The fourth-order valence-electron chi connectivity index (χ4n) is 5.57. The van der Waals surface area contributed by atoms with Crippen LogP contribution in [0.25, 0.3) is 0 Å². The summed E-state index contributed by atoms with van der Waals surface area (Å²) in [6.07, 6.45) is 6.95. The Balaban J connectivity index is 1.18. The van der Waals surface area contributed by atoms with Crippen LogP contribution in [0.2, 0.25) is 0 Å². The zero-order chi connectivity index (χ0) is 21.8. The number of benzene rings is 1. The first kappa shape index (κ1) is 22.8. The fraction of sp³-hybridized carbons (Fsp3) is 0.731. The van der Waals surface area contributed by atoms with Gasteiger partial charge in [0.1, 0.15) is 0 Å². The molecule has 0 saturated carbocycles. The van der Waals surface area contributed by atoms with Crippen molar-refractivity contribution in [1.82, 2.24) is 15.1 Å². The number of likely N-dealkylation sites (tertiary alicyclic amines) is 2. The Bertz CT molecular complexity index is 743. The maximum Gasteiger partial charge on any atom is 0.223 e. The van der Waals surface area contributed by atoms with Crippen molar-refractivity contribution in [2.45, 2.75) is 78.0 Å². The fourth-order valence-corrected chi connectivity index (χ4v) is 5.57. The number of rotatable bonds is 6. The Morgan fingerprint density at radius 1 is 0.968 bits per heavy atom. The average molecular weight is 428 g/mol. The maximum atomic E-state index is 12.5. The van der Waals surface area contributed by atoms with Crippen LogP contribution >= 0.6 is 0 Å². The third kappa shape index (κ3) is 5.88. The number of nitrogens with one attached hydrogen (secondary N) is 1. The molecule has 5 heteroatoms. The van der Waals surface area contributed by atoms with Crippen LogP contribution in [-0.4, -0.2) is 67.2 Å². The molecule has 0 unspecified atom stereocenters. The van der Waals surface area contributed by atoms with Crippen molar-refractivity contribution in [1.29, 1.82) is 0 Å². The van der Waals surface area contributed by atoms with Gasteiger partial charge >= 0.3 is 0 Å². The Kier molecular flexibility index (Phi) is 7.68. The monoisotopic (exact) mass is 427 g/mol. The molecular formula is C26H41N3O2. The molecule has 172 valence electrons. The van der Waals surface area contributed by atoms with E-state index >= 15 is 0 Å². The summed E-state index contributed by atoms with van der Waals surface area (Å²) in [6.45, 7) is 13.8. The summed E-state index contributed by atoms with van der Waals surface area (Å²) in [5.41, 5.74) is 5.70. The van der Waals surface area contributed by atoms with Crippen molar-refractivity contribution < 1.29 is 9.53 Å². The van der Waals surface area contributed by atoms with Crippen molar-refractivity contribution >= 4 is 5.91 Å². The second-order valence-corrected chi connectivity index (χ2v) is 10.1. The highest BCUT2D eigenvalue weighted by molar-refractivity contribution is 5.78. The molecule has 5 nitrogen and oxygen atoms in total. The topological polar surface area (TPSA) is 44.8 Å². The Hall–Kier alpha value is -1.43. The molecular weight excluding hydrogens is 386 g/mol. The van der Waals surface area contributed by atoms with Gasteiger partial charge in [-0.3, -0.25) is 9.69 Å². The lowest BCUT2D eigenvalue weighted by Crippen LogP contribution is -2.49. The SMILES string of the molecule is Cc1cc(C)c(CN2CCC(N3CCC(C(=O)NC[C@@H]4CCCO4)CC3)CC2)cc1C. The van der Waals surface area contributed by atoms with E-state index in [1.807, 2.05) is 0 Å². The van der Waals surface area contributed by atoms with Gasteiger partial charge in [0.05, 0.1) is 6.10 Å². The van der Waals surface area contributed by atoms with Crippen LogP contribution in [0.5, 0.6) is 0 Å². The first-order chi connectivity index (χ1) is 15.0. The number of aryl methyl sites for hydroxylation is 3. The van der Waals surface area contributed by atoms with E-state index in [4.69, 9.17) is 4.74 Å². The summed E-state index contributed by atoms with van der Waals surface area (Å²) in [6, 6.07) is 5.40. The van der Waals surface area contributed by atoms with E-state index in [1.165, 1.54) is 48.2 Å². The minimum absolute atomic E-state index is 0.186. The molecule has 0 bridgehead atoms. The molecule has 3 aliphatic rings. The highest BCUT2D eigenvalue weighted by Crippen LogP contribution is 2.26. The van der Waals surface area contributed by atoms with Crippen LogP contribution in [0, 0.1) is 26.7 Å². The van der Waals surface area contributed by atoms with E-state index < -0.39 is 0 Å². The molecule has 0 spiro atoms. The summed E-state index contributed by atoms with van der Waals surface area (Å²) >= 11 is 0. The Morgan fingerprint density at radius 2 is 1.68 bits per heavy atom. The van der Waals surface area contributed by atoms with E-state index in [0.29, 0.717) is 12.6 Å². The zero-order valence-corrected chi connectivity index (χ0v) is 19.8. The number of amides is 1. The molecule has 0 aliphatic carbocycles. The van der Waals surface area contributed by atoms with E-state index in [1.54, 1.807) is 0 Å². The standard InChI is InChI=1S/C26H41N3O2/c1-19-15-21(3)23(16-20(19)2)18-28-10-8-24(9-11-28)29-12-6-22(7-13-29)26(30)27-17-25-5-4-14-31-25/h15-16,22,24-25H,4-14,17-18H2,1-3H3,(H,27,30)/t25-/m0/s1. The molecule has 1 N–H and O–H groups in total. The highest BCUT2D eigenvalue weighted by Gasteiger charge is 2.31. The molecule has 1 aromatic carbocycles. The number of nitrogens with zero attached hydrogens (tertiary/aromatic N) is 2. The molecule has 3 aliphatic heterocycles. The predicted molar refractivity (Wildman–Crippen MR) is 125 cm³/mol.